The first-order valence-electron chi connectivity index (χ1n) is 14.3. The van der Waals surface area contributed by atoms with Crippen LogP contribution in [0.1, 0.15) is 31.9 Å². The Balaban J connectivity index is 1.86. The summed E-state index contributed by atoms with van der Waals surface area (Å²) >= 11 is 0. The number of nitrogens with one attached hydrogen (secondary N) is 2. The van der Waals surface area contributed by atoms with Gasteiger partial charge in [0.05, 0.1) is 48.3 Å². The molecule has 1 heterocycles. The Kier molecular flexibility index (Phi) is 12.7. The molecule has 0 aliphatic carbocycles. The molecule has 0 saturated heterocycles. The number of nitrogens with zero attached hydrogens (tertiary/aromatic N) is 5. The molecule has 0 amide bonds. The zero-order chi connectivity index (χ0) is 32.2. The first-order valence-corrected chi connectivity index (χ1v) is 15.9. The number of ether oxygens (including phenoxy) is 1. The molecular weight excluding hydrogens is 582 g/mol. The fourth-order valence-electron chi connectivity index (χ4n) is 4.31. The van der Waals surface area contributed by atoms with Gasteiger partial charge in [0.2, 0.25) is 0 Å². The summed E-state index contributed by atoms with van der Waals surface area (Å²) in [4.78, 5) is 6.74. The van der Waals surface area contributed by atoms with Crippen molar-refractivity contribution >= 4 is 38.5 Å². The number of aliphatic hydroxyl groups is 2. The number of anilines is 3. The number of β-amino-alcohol motifs (C(OH)–C–C–N with tert-alkyl or cyclic N) is 1. The van der Waals surface area contributed by atoms with E-state index in [4.69, 9.17) is 9.84 Å². The van der Waals surface area contributed by atoms with Crippen molar-refractivity contribution in [2.45, 2.75) is 38.1 Å². The van der Waals surface area contributed by atoms with E-state index in [2.05, 4.69) is 31.9 Å². The monoisotopic (exact) mass is 623 g/mol. The number of nitriles is 1. The molecule has 0 fully saturated rings. The standard InChI is InChI=1S/C31H41N7O5S/c1-23-27(22-32)29(34-24-8-6-5-7-9-24)35-30(33-14-19-43-20-18-40)28(23)37-36-25-10-12-26(13-11-25)44(41,42)21-16-38(15-17-39)31(2,3)4/h5-13,39-40H,14-21H2,1-4H3,(H2,33,34,35). The van der Waals surface area contributed by atoms with Crippen molar-refractivity contribution in [1.82, 2.24) is 9.88 Å². The quantitative estimate of drug-likeness (QED) is 0.129. The van der Waals surface area contributed by atoms with Crippen LogP contribution in [0.25, 0.3) is 0 Å². The average Bonchev–Trinajstić information content (AvgIpc) is 2.99. The third-order valence-electron chi connectivity index (χ3n) is 6.75. The highest BCUT2D eigenvalue weighted by molar-refractivity contribution is 7.91. The van der Waals surface area contributed by atoms with Gasteiger partial charge in [0, 0.05) is 36.4 Å². The molecule has 2 aromatic carbocycles. The number of benzene rings is 2. The first kappa shape index (κ1) is 34.6. The summed E-state index contributed by atoms with van der Waals surface area (Å²) in [7, 11) is -3.57. The van der Waals surface area contributed by atoms with Crippen molar-refractivity contribution < 1.29 is 23.4 Å². The van der Waals surface area contributed by atoms with Crippen molar-refractivity contribution in [3.8, 4) is 6.07 Å². The van der Waals surface area contributed by atoms with Crippen molar-refractivity contribution in [3.63, 3.8) is 0 Å². The van der Waals surface area contributed by atoms with Gasteiger partial charge in [0.25, 0.3) is 0 Å². The highest BCUT2D eigenvalue weighted by Gasteiger charge is 2.24. The van der Waals surface area contributed by atoms with Gasteiger partial charge in [-0.15, -0.1) is 5.11 Å². The van der Waals surface area contributed by atoms with Crippen molar-refractivity contribution in [2.75, 3.05) is 62.4 Å². The average molecular weight is 624 g/mol. The maximum absolute atomic E-state index is 13.0. The summed E-state index contributed by atoms with van der Waals surface area (Å²) in [6.07, 6.45) is 0. The number of azo groups is 1. The zero-order valence-corrected chi connectivity index (χ0v) is 26.4. The smallest absolute Gasteiger partial charge is 0.179 e. The molecule has 1 aromatic heterocycles. The molecule has 0 saturated carbocycles. The second-order valence-corrected chi connectivity index (χ2v) is 13.0. The Morgan fingerprint density at radius 1 is 0.977 bits per heavy atom. The molecule has 3 aromatic rings. The number of sulfone groups is 1. The van der Waals surface area contributed by atoms with Crippen LogP contribution in [0.2, 0.25) is 0 Å². The van der Waals surface area contributed by atoms with Gasteiger partial charge < -0.3 is 25.6 Å². The van der Waals surface area contributed by atoms with Crippen LogP contribution >= 0.6 is 0 Å². The predicted molar refractivity (Wildman–Crippen MR) is 171 cm³/mol. The summed E-state index contributed by atoms with van der Waals surface area (Å²) in [6, 6.07) is 17.7. The largest absolute Gasteiger partial charge is 0.395 e. The molecule has 13 heteroatoms. The molecule has 3 rings (SSSR count). The Bertz CT molecular complexity index is 1530. The second-order valence-electron chi connectivity index (χ2n) is 10.9. The number of hydrogen-bond donors (Lipinski definition) is 4. The van der Waals surface area contributed by atoms with E-state index in [0.29, 0.717) is 53.8 Å². The van der Waals surface area contributed by atoms with Crippen molar-refractivity contribution in [1.29, 1.82) is 5.26 Å². The Labute approximate surface area is 259 Å². The molecule has 236 valence electrons. The minimum Gasteiger partial charge on any atom is -0.395 e. The van der Waals surface area contributed by atoms with Crippen LogP contribution in [-0.4, -0.2) is 85.9 Å². The van der Waals surface area contributed by atoms with E-state index in [9.17, 15) is 18.8 Å². The van der Waals surface area contributed by atoms with Gasteiger partial charge in [-0.1, -0.05) is 18.2 Å². The fourth-order valence-corrected chi connectivity index (χ4v) is 5.56. The van der Waals surface area contributed by atoms with E-state index in [1.165, 1.54) is 12.1 Å². The van der Waals surface area contributed by atoms with Crippen molar-refractivity contribution in [3.05, 3.63) is 65.7 Å². The third-order valence-corrected chi connectivity index (χ3v) is 8.46. The van der Waals surface area contributed by atoms with Gasteiger partial charge in [-0.25, -0.2) is 13.4 Å². The lowest BCUT2D eigenvalue weighted by atomic mass is 10.1. The number of pyridine rings is 1. The zero-order valence-electron chi connectivity index (χ0n) is 25.6. The highest BCUT2D eigenvalue weighted by atomic mass is 32.2. The number of aliphatic hydroxyl groups excluding tert-OH is 2. The number of aromatic nitrogens is 1. The van der Waals surface area contributed by atoms with Gasteiger partial charge in [-0.2, -0.15) is 10.4 Å². The molecule has 0 atom stereocenters. The molecule has 0 aliphatic heterocycles. The van der Waals surface area contributed by atoms with Gasteiger partial charge >= 0.3 is 0 Å². The van der Waals surface area contributed by atoms with Crippen LogP contribution < -0.4 is 10.6 Å². The summed E-state index contributed by atoms with van der Waals surface area (Å²) < 4.78 is 31.4. The maximum atomic E-state index is 13.0. The highest BCUT2D eigenvalue weighted by Crippen LogP contribution is 2.36. The van der Waals surface area contributed by atoms with E-state index < -0.39 is 9.84 Å². The minimum absolute atomic E-state index is 0.0527. The lowest BCUT2D eigenvalue weighted by Crippen LogP contribution is -2.45. The van der Waals surface area contributed by atoms with Gasteiger partial charge in [0.15, 0.2) is 21.5 Å². The Morgan fingerprint density at radius 2 is 1.68 bits per heavy atom. The van der Waals surface area contributed by atoms with Crippen LogP contribution in [0.3, 0.4) is 0 Å². The van der Waals surface area contributed by atoms with E-state index >= 15 is 0 Å². The SMILES string of the molecule is Cc1c(C#N)c(Nc2ccccc2)nc(NCCOCCO)c1N=Nc1ccc(S(=O)(=O)CCN(CCO)C(C)(C)C)cc1. The number of para-hydroxylation sites is 1. The van der Waals surface area contributed by atoms with E-state index in [0.717, 1.165) is 5.69 Å². The lowest BCUT2D eigenvalue weighted by Gasteiger charge is -2.35. The molecule has 0 bridgehead atoms. The van der Waals surface area contributed by atoms with Crippen molar-refractivity contribution in [2.24, 2.45) is 10.2 Å². The molecule has 0 aliphatic rings. The maximum Gasteiger partial charge on any atom is 0.179 e. The first-order chi connectivity index (χ1) is 21.0. The van der Waals surface area contributed by atoms with Crippen LogP contribution in [0.5, 0.6) is 0 Å². The molecule has 44 heavy (non-hydrogen) atoms. The van der Waals surface area contributed by atoms with Crippen LogP contribution in [0, 0.1) is 18.3 Å². The van der Waals surface area contributed by atoms with E-state index in [-0.39, 0.29) is 42.6 Å². The molecule has 0 unspecified atom stereocenters. The number of rotatable bonds is 16. The molecular formula is C31H41N7O5S. The van der Waals surface area contributed by atoms with Gasteiger partial charge in [-0.05, 0) is 64.1 Å². The molecule has 4 N–H and O–H groups in total. The fraction of sp³-hybridized carbons (Fsp3) is 0.419. The molecule has 0 spiro atoms. The van der Waals surface area contributed by atoms with Crippen LogP contribution in [0.15, 0.2) is 69.7 Å². The van der Waals surface area contributed by atoms with E-state index in [1.54, 1.807) is 19.1 Å². The summed E-state index contributed by atoms with van der Waals surface area (Å²) in [5.41, 5.74) is 2.10. The summed E-state index contributed by atoms with van der Waals surface area (Å²) in [5, 5.41) is 43.4. The van der Waals surface area contributed by atoms with Crippen LogP contribution in [-0.2, 0) is 14.6 Å². The predicted octanol–water partition coefficient (Wildman–Crippen LogP) is 4.71. The topological polar surface area (TPSA) is 173 Å². The van der Waals surface area contributed by atoms with Gasteiger partial charge in [0.1, 0.15) is 11.8 Å². The molecule has 12 nitrogen and oxygen atoms in total. The molecule has 0 radical (unpaired) electrons. The Hall–Kier alpha value is -3.93. The number of hydrogen-bond acceptors (Lipinski definition) is 12. The summed E-state index contributed by atoms with van der Waals surface area (Å²) in [6.45, 7) is 9.10. The third kappa shape index (κ3) is 9.80. The summed E-state index contributed by atoms with van der Waals surface area (Å²) in [5.74, 6) is 0.641. The van der Waals surface area contributed by atoms with Gasteiger partial charge in [-0.3, -0.25) is 4.90 Å². The normalized spacial score (nSPS) is 12.0. The second kappa shape index (κ2) is 16.2. The van der Waals surface area contributed by atoms with Crippen LogP contribution in [0.4, 0.5) is 28.7 Å². The van der Waals surface area contributed by atoms with E-state index in [1.807, 2.05) is 56.0 Å². The Morgan fingerprint density at radius 3 is 2.30 bits per heavy atom. The lowest BCUT2D eigenvalue weighted by molar-refractivity contribution is 0.0992. The minimum atomic E-state index is -3.57.